The molecular formula is C24H36O16. The van der Waals surface area contributed by atoms with E-state index >= 15 is 0 Å². The molecule has 40 heavy (non-hydrogen) atoms. The molecule has 0 radical (unpaired) electrons. The van der Waals surface area contributed by atoms with Gasteiger partial charge < -0.3 is 69.0 Å². The highest BCUT2D eigenvalue weighted by atomic mass is 16.7. The summed E-state index contributed by atoms with van der Waals surface area (Å²) < 4.78 is 23.3. The van der Waals surface area contributed by atoms with Gasteiger partial charge in [0.1, 0.15) is 48.1 Å². The van der Waals surface area contributed by atoms with Crippen molar-refractivity contribution in [2.75, 3.05) is 7.11 Å². The van der Waals surface area contributed by atoms with E-state index in [0.717, 1.165) is 17.9 Å². The molecule has 4 rings (SSSR count). The van der Waals surface area contributed by atoms with Gasteiger partial charge in [-0.2, -0.15) is 0 Å². The molecule has 2 saturated heterocycles. The highest BCUT2D eigenvalue weighted by Crippen LogP contribution is 2.20. The van der Waals surface area contributed by atoms with Crippen LogP contribution in [0.1, 0.15) is 39.6 Å². The molecule has 228 valence electrons. The Hall–Kier alpha value is -2.58. The van der Waals surface area contributed by atoms with Gasteiger partial charge in [-0.1, -0.05) is 6.92 Å². The van der Waals surface area contributed by atoms with Crippen molar-refractivity contribution in [2.24, 2.45) is 0 Å². The van der Waals surface area contributed by atoms with Crippen molar-refractivity contribution in [1.82, 2.24) is 0 Å². The van der Waals surface area contributed by atoms with E-state index in [1.807, 2.05) is 13.0 Å². The minimum Gasteiger partial charge on any atom is -0.459 e. The molecule has 16 nitrogen and oxygen atoms in total. The number of rotatable bonds is 4. The van der Waals surface area contributed by atoms with Crippen LogP contribution in [-0.4, -0.2) is 127 Å². The minimum atomic E-state index is -1.66. The normalized spacial score (nSPS) is 33.2. The fraction of sp³-hybridized carbons (Fsp3) is 0.583. The van der Waals surface area contributed by atoms with E-state index in [1.54, 1.807) is 25.1 Å². The molecule has 0 saturated carbocycles. The van der Waals surface area contributed by atoms with Gasteiger partial charge in [0, 0.05) is 13.5 Å². The number of hydrogen-bond acceptors (Lipinski definition) is 16. The number of ether oxygens (including phenoxy) is 3. The molecule has 0 amide bonds. The summed E-state index contributed by atoms with van der Waals surface area (Å²) in [4.78, 5) is 20.0. The van der Waals surface area contributed by atoms with Crippen LogP contribution in [0.15, 0.2) is 33.1 Å². The van der Waals surface area contributed by atoms with Crippen molar-refractivity contribution in [2.45, 2.75) is 82.1 Å². The first-order valence-corrected chi connectivity index (χ1v) is 11.8. The largest absolute Gasteiger partial charge is 0.459 e. The van der Waals surface area contributed by atoms with Crippen LogP contribution in [0.3, 0.4) is 0 Å². The second kappa shape index (κ2) is 17.3. The number of hydrogen-bond donors (Lipinski definition) is 9. The van der Waals surface area contributed by atoms with Crippen molar-refractivity contribution >= 4 is 12.6 Å². The lowest BCUT2D eigenvalue weighted by molar-refractivity contribution is -0.334. The smallest absolute Gasteiger partial charge is 0.188 e. The number of methoxy groups -OCH3 is 1. The van der Waals surface area contributed by atoms with Gasteiger partial charge in [-0.25, -0.2) is 0 Å². The van der Waals surface area contributed by atoms with E-state index in [-0.39, 0.29) is 0 Å². The van der Waals surface area contributed by atoms with Crippen LogP contribution in [-0.2, 0) is 20.6 Å². The molecule has 0 spiro atoms. The van der Waals surface area contributed by atoms with Crippen LogP contribution >= 0.6 is 0 Å². The number of aliphatic hydroxyl groups is 9. The highest BCUT2D eigenvalue weighted by Gasteiger charge is 2.43. The average molecular weight is 581 g/mol. The molecule has 2 aliphatic rings. The van der Waals surface area contributed by atoms with Crippen LogP contribution in [0.25, 0.3) is 0 Å². The fourth-order valence-corrected chi connectivity index (χ4v) is 3.03. The van der Waals surface area contributed by atoms with Gasteiger partial charge in [0.05, 0.1) is 0 Å². The summed E-state index contributed by atoms with van der Waals surface area (Å²) in [5.74, 6) is 2.43. The zero-order valence-corrected chi connectivity index (χ0v) is 21.8. The summed E-state index contributed by atoms with van der Waals surface area (Å²) in [6.45, 7) is 3.78. The van der Waals surface area contributed by atoms with E-state index in [2.05, 4.69) is 14.2 Å². The molecule has 2 aromatic heterocycles. The molecule has 0 aromatic carbocycles. The molecule has 0 bridgehead atoms. The zero-order valence-electron chi connectivity index (χ0n) is 21.8. The molecule has 9 atom stereocenters. The number of aliphatic hydroxyl groups excluding tert-OH is 9. The van der Waals surface area contributed by atoms with Gasteiger partial charge in [0.2, 0.25) is 0 Å². The van der Waals surface area contributed by atoms with E-state index in [4.69, 9.17) is 54.8 Å². The summed E-state index contributed by atoms with van der Waals surface area (Å²) in [6.07, 6.45) is -12.8. The molecule has 4 unspecified atom stereocenters. The molecule has 2 fully saturated rings. The first-order chi connectivity index (χ1) is 18.8. The quantitative estimate of drug-likeness (QED) is 0.165. The standard InChI is InChI=1S/C7H8O2.C6H12O6.C6H6O2.C5H10O6/c1-2-6-3-4-7(5-8)9-6;1-11-6-4(9)2(7)3(8)5(10)12-6;1-5-2-3-6(4-7)8-5;6-1-2(7)4(9)11-5(10)3(1)8/h3-5H,2H2,1H3;2-10H,1H3;2-4H,1H3;1-10H/t;2-,3+,4+,5?,6?;;1?,2-,3-,4?,5?/m.1.0/s1. The third kappa shape index (κ3) is 10.4. The van der Waals surface area contributed by atoms with Gasteiger partial charge in [-0.05, 0) is 31.2 Å². The highest BCUT2D eigenvalue weighted by molar-refractivity contribution is 5.70. The summed E-state index contributed by atoms with van der Waals surface area (Å²) in [5, 5.41) is 80.2. The van der Waals surface area contributed by atoms with Gasteiger partial charge in [-0.15, -0.1) is 0 Å². The van der Waals surface area contributed by atoms with Crippen LogP contribution in [0.5, 0.6) is 0 Å². The van der Waals surface area contributed by atoms with Gasteiger partial charge in [0.15, 0.2) is 49.3 Å². The topological polar surface area (TPSA) is 270 Å². The second-order valence-electron chi connectivity index (χ2n) is 8.33. The molecule has 16 heteroatoms. The Morgan fingerprint density at radius 3 is 1.48 bits per heavy atom. The first-order valence-electron chi connectivity index (χ1n) is 11.8. The van der Waals surface area contributed by atoms with Crippen molar-refractivity contribution < 1.29 is 78.6 Å². The second-order valence-corrected chi connectivity index (χ2v) is 8.33. The SMILES string of the molecule is CCc1ccc(C=O)o1.COC1OC(O)[C@@H](O)[C@@H](O)[C@@H]1O.Cc1ccc(C=O)o1.OC1OC(O)[C@@H](O)C(O)[C@@H]1O. The van der Waals surface area contributed by atoms with E-state index < -0.39 is 61.8 Å². The number of carbonyl (C=O) groups is 2. The first kappa shape index (κ1) is 35.4. The van der Waals surface area contributed by atoms with Crippen LogP contribution in [0.2, 0.25) is 0 Å². The molecule has 9 N–H and O–H groups in total. The summed E-state index contributed by atoms with van der Waals surface area (Å²) in [7, 11) is 1.25. The van der Waals surface area contributed by atoms with Crippen molar-refractivity contribution in [3.8, 4) is 0 Å². The lowest BCUT2D eigenvalue weighted by atomic mass is 10.0. The third-order valence-corrected chi connectivity index (χ3v) is 5.36. The number of aldehydes is 2. The predicted octanol–water partition coefficient (Wildman–Crippen LogP) is -2.82. The average Bonchev–Trinajstić information content (AvgIpc) is 3.61. The van der Waals surface area contributed by atoms with E-state index in [1.165, 1.54) is 7.11 Å². The molecule has 0 aliphatic carbocycles. The Morgan fingerprint density at radius 2 is 1.12 bits per heavy atom. The fourth-order valence-electron chi connectivity index (χ4n) is 3.03. The third-order valence-electron chi connectivity index (χ3n) is 5.36. The van der Waals surface area contributed by atoms with Gasteiger partial charge in [0.25, 0.3) is 0 Å². The van der Waals surface area contributed by atoms with Crippen LogP contribution < -0.4 is 0 Å². The van der Waals surface area contributed by atoms with E-state index in [9.17, 15) is 9.59 Å². The van der Waals surface area contributed by atoms with Crippen LogP contribution in [0.4, 0.5) is 0 Å². The Morgan fingerprint density at radius 1 is 0.675 bits per heavy atom. The molecule has 2 aromatic rings. The zero-order chi connectivity index (χ0) is 30.6. The molecule has 2 aliphatic heterocycles. The Balaban J connectivity index is 0.000000270. The predicted molar refractivity (Wildman–Crippen MR) is 129 cm³/mol. The Kier molecular flexibility index (Phi) is 15.3. The lowest BCUT2D eigenvalue weighted by Crippen LogP contribution is -2.57. The monoisotopic (exact) mass is 580 g/mol. The van der Waals surface area contributed by atoms with Gasteiger partial charge >= 0.3 is 0 Å². The minimum absolute atomic E-state index is 0.391. The maximum absolute atomic E-state index is 10.0. The Labute approximate surface area is 228 Å². The van der Waals surface area contributed by atoms with E-state index in [0.29, 0.717) is 24.1 Å². The van der Waals surface area contributed by atoms with Crippen molar-refractivity contribution in [3.63, 3.8) is 0 Å². The molecular weight excluding hydrogens is 544 g/mol. The lowest BCUT2D eigenvalue weighted by Gasteiger charge is -2.37. The van der Waals surface area contributed by atoms with Crippen molar-refractivity contribution in [3.05, 3.63) is 47.3 Å². The van der Waals surface area contributed by atoms with Gasteiger partial charge in [-0.3, -0.25) is 9.59 Å². The molecule has 4 heterocycles. The summed E-state index contributed by atoms with van der Waals surface area (Å²) in [6, 6.07) is 6.88. The maximum atomic E-state index is 10.0. The number of aryl methyl sites for hydroxylation is 2. The summed E-state index contributed by atoms with van der Waals surface area (Å²) in [5.41, 5.74) is 0. The maximum Gasteiger partial charge on any atom is 0.188 e. The van der Waals surface area contributed by atoms with Crippen LogP contribution in [0, 0.1) is 6.92 Å². The van der Waals surface area contributed by atoms with Crippen molar-refractivity contribution in [1.29, 1.82) is 0 Å². The Bertz CT molecular complexity index is 972. The number of furan rings is 2. The summed E-state index contributed by atoms with van der Waals surface area (Å²) >= 11 is 0. The number of carbonyl (C=O) groups excluding carboxylic acids is 2.